The lowest BCUT2D eigenvalue weighted by molar-refractivity contribution is 0.0734. The maximum atomic E-state index is 13.7. The second kappa shape index (κ2) is 10.6. The Morgan fingerprint density at radius 2 is 1.75 bits per heavy atom. The van der Waals surface area contributed by atoms with E-state index in [1.807, 2.05) is 59.5 Å². The van der Waals surface area contributed by atoms with E-state index in [0.29, 0.717) is 41.2 Å². The van der Waals surface area contributed by atoms with Crippen LogP contribution < -0.4 is 9.64 Å². The van der Waals surface area contributed by atoms with Gasteiger partial charge >= 0.3 is 0 Å². The molecule has 184 valence electrons. The van der Waals surface area contributed by atoms with Crippen molar-refractivity contribution in [1.82, 2.24) is 19.7 Å². The Morgan fingerprint density at radius 1 is 0.972 bits per heavy atom. The minimum Gasteiger partial charge on any atom is -0.497 e. The number of hydrogen-bond donors (Lipinski definition) is 0. The summed E-state index contributed by atoms with van der Waals surface area (Å²) in [6, 6.07) is 20.9. The topological polar surface area (TPSA) is 63.5 Å². The van der Waals surface area contributed by atoms with Gasteiger partial charge < -0.3 is 14.5 Å². The third kappa shape index (κ3) is 5.32. The van der Waals surface area contributed by atoms with Gasteiger partial charge in [0.25, 0.3) is 5.91 Å². The number of halogens is 2. The van der Waals surface area contributed by atoms with Gasteiger partial charge in [0.1, 0.15) is 16.6 Å². The molecule has 0 bridgehead atoms. The van der Waals surface area contributed by atoms with Crippen molar-refractivity contribution in [2.45, 2.75) is 6.54 Å². The van der Waals surface area contributed by atoms with Crippen LogP contribution in [0.2, 0.25) is 10.2 Å². The van der Waals surface area contributed by atoms with E-state index in [9.17, 15) is 4.79 Å². The molecule has 1 fully saturated rings. The van der Waals surface area contributed by atoms with Crippen molar-refractivity contribution in [3.8, 4) is 17.0 Å². The van der Waals surface area contributed by atoms with Gasteiger partial charge in [0.05, 0.1) is 19.3 Å². The van der Waals surface area contributed by atoms with Crippen molar-refractivity contribution < 1.29 is 9.53 Å². The summed E-state index contributed by atoms with van der Waals surface area (Å²) in [7, 11) is 1.66. The number of aromatic nitrogens is 3. The van der Waals surface area contributed by atoms with Crippen molar-refractivity contribution in [3.63, 3.8) is 0 Å². The number of piperazine rings is 1. The summed E-state index contributed by atoms with van der Waals surface area (Å²) < 4.78 is 7.10. The lowest BCUT2D eigenvalue weighted by Crippen LogP contribution is -2.49. The zero-order valence-electron chi connectivity index (χ0n) is 19.8. The fourth-order valence-corrected chi connectivity index (χ4v) is 4.52. The standard InChI is InChI=1S/C27H25Cl2N5O2/c1-36-23-4-2-3-22(15-23)32-11-13-33(14-12-32)27(35)25-16-24(20-6-8-21(28)9-7-20)31-34(25)18-19-5-10-26(29)30-17-19/h2-10,15-17H,11-14,18H2,1H3. The highest BCUT2D eigenvalue weighted by Gasteiger charge is 2.26. The lowest BCUT2D eigenvalue weighted by atomic mass is 10.1. The molecule has 0 aliphatic carbocycles. The molecule has 2 aromatic carbocycles. The Morgan fingerprint density at radius 3 is 2.44 bits per heavy atom. The van der Waals surface area contributed by atoms with Crippen LogP contribution in [0.4, 0.5) is 5.69 Å². The molecule has 0 unspecified atom stereocenters. The lowest BCUT2D eigenvalue weighted by Gasteiger charge is -2.36. The molecule has 2 aromatic heterocycles. The van der Waals surface area contributed by atoms with Crippen LogP contribution in [0, 0.1) is 0 Å². The van der Waals surface area contributed by atoms with Crippen LogP contribution in [0.25, 0.3) is 11.3 Å². The van der Waals surface area contributed by atoms with E-state index in [4.69, 9.17) is 33.0 Å². The summed E-state index contributed by atoms with van der Waals surface area (Å²) in [6.45, 7) is 3.10. The fourth-order valence-electron chi connectivity index (χ4n) is 4.28. The molecule has 1 aliphatic rings. The quantitative estimate of drug-likeness (QED) is 0.323. The number of carbonyl (C=O) groups is 1. The number of amides is 1. The number of rotatable bonds is 6. The van der Waals surface area contributed by atoms with Crippen LogP contribution in [0.1, 0.15) is 16.1 Å². The maximum Gasteiger partial charge on any atom is 0.272 e. The average molecular weight is 522 g/mol. The van der Waals surface area contributed by atoms with Gasteiger partial charge in [0.15, 0.2) is 0 Å². The summed E-state index contributed by atoms with van der Waals surface area (Å²) in [6.07, 6.45) is 1.70. The van der Waals surface area contributed by atoms with Crippen molar-refractivity contribution in [1.29, 1.82) is 0 Å². The van der Waals surface area contributed by atoms with E-state index in [1.54, 1.807) is 24.1 Å². The molecule has 1 saturated heterocycles. The van der Waals surface area contributed by atoms with Crippen LogP contribution in [-0.4, -0.2) is 58.9 Å². The molecular weight excluding hydrogens is 497 g/mol. The Balaban J connectivity index is 1.38. The van der Waals surface area contributed by atoms with Gasteiger partial charge in [-0.05, 0) is 42.0 Å². The van der Waals surface area contributed by atoms with Crippen LogP contribution in [0.15, 0.2) is 72.9 Å². The van der Waals surface area contributed by atoms with Gasteiger partial charge in [0.2, 0.25) is 0 Å². The summed E-state index contributed by atoms with van der Waals surface area (Å²) in [5.74, 6) is 0.774. The molecule has 7 nitrogen and oxygen atoms in total. The minimum absolute atomic E-state index is 0.0464. The van der Waals surface area contributed by atoms with E-state index >= 15 is 0 Å². The first-order valence-corrected chi connectivity index (χ1v) is 12.4. The van der Waals surface area contributed by atoms with Gasteiger partial charge in [-0.3, -0.25) is 9.48 Å². The number of anilines is 1. The smallest absolute Gasteiger partial charge is 0.272 e. The number of carbonyl (C=O) groups excluding carboxylic acids is 1. The van der Waals surface area contributed by atoms with Crippen molar-refractivity contribution in [3.05, 3.63) is 94.4 Å². The van der Waals surface area contributed by atoms with Crippen molar-refractivity contribution in [2.75, 3.05) is 38.2 Å². The fraction of sp³-hybridized carbons (Fsp3) is 0.222. The van der Waals surface area contributed by atoms with Gasteiger partial charge in [-0.25, -0.2) is 4.98 Å². The molecule has 5 rings (SSSR count). The van der Waals surface area contributed by atoms with E-state index in [-0.39, 0.29) is 5.91 Å². The number of hydrogen-bond acceptors (Lipinski definition) is 5. The molecule has 0 N–H and O–H groups in total. The minimum atomic E-state index is -0.0464. The van der Waals surface area contributed by atoms with Crippen molar-refractivity contribution in [2.24, 2.45) is 0 Å². The maximum absolute atomic E-state index is 13.7. The monoisotopic (exact) mass is 521 g/mol. The predicted molar refractivity (Wildman–Crippen MR) is 142 cm³/mol. The zero-order chi connectivity index (χ0) is 25.1. The highest BCUT2D eigenvalue weighted by Crippen LogP contribution is 2.25. The second-order valence-corrected chi connectivity index (χ2v) is 9.37. The molecular formula is C27H25Cl2N5O2. The van der Waals surface area contributed by atoms with Crippen LogP contribution >= 0.6 is 23.2 Å². The Labute approximate surface area is 219 Å². The molecule has 36 heavy (non-hydrogen) atoms. The molecule has 3 heterocycles. The van der Waals surface area contributed by atoms with Crippen LogP contribution in [0.5, 0.6) is 5.75 Å². The van der Waals surface area contributed by atoms with Gasteiger partial charge in [-0.2, -0.15) is 5.10 Å². The first kappa shape index (κ1) is 24.2. The molecule has 0 saturated carbocycles. The summed E-state index contributed by atoms with van der Waals surface area (Å²) >= 11 is 12.0. The first-order valence-electron chi connectivity index (χ1n) is 11.6. The first-order chi connectivity index (χ1) is 17.5. The number of methoxy groups -OCH3 is 1. The molecule has 1 aliphatic heterocycles. The number of ether oxygens (including phenoxy) is 1. The Kier molecular flexibility index (Phi) is 7.11. The summed E-state index contributed by atoms with van der Waals surface area (Å²) in [5, 5.41) is 5.84. The Bertz CT molecular complexity index is 1350. The molecule has 1 amide bonds. The third-order valence-electron chi connectivity index (χ3n) is 6.25. The number of nitrogens with zero attached hydrogens (tertiary/aromatic N) is 5. The molecule has 0 radical (unpaired) electrons. The van der Waals surface area contributed by atoms with E-state index in [2.05, 4.69) is 16.0 Å². The molecule has 0 atom stereocenters. The SMILES string of the molecule is COc1cccc(N2CCN(C(=O)c3cc(-c4ccc(Cl)cc4)nn3Cc3ccc(Cl)nc3)CC2)c1. The number of pyridine rings is 1. The highest BCUT2D eigenvalue weighted by atomic mass is 35.5. The summed E-state index contributed by atoms with van der Waals surface area (Å²) in [4.78, 5) is 22.0. The molecule has 0 spiro atoms. The summed E-state index contributed by atoms with van der Waals surface area (Å²) in [5.41, 5.74) is 4.13. The average Bonchev–Trinajstić information content (AvgIpc) is 3.33. The van der Waals surface area contributed by atoms with E-state index in [0.717, 1.165) is 35.7 Å². The van der Waals surface area contributed by atoms with Crippen LogP contribution in [-0.2, 0) is 6.54 Å². The van der Waals surface area contributed by atoms with Crippen LogP contribution in [0.3, 0.4) is 0 Å². The van der Waals surface area contributed by atoms with Gasteiger partial charge in [-0.1, -0.05) is 47.5 Å². The van der Waals surface area contributed by atoms with E-state index in [1.165, 1.54) is 0 Å². The zero-order valence-corrected chi connectivity index (χ0v) is 21.3. The predicted octanol–water partition coefficient (Wildman–Crippen LogP) is 5.27. The highest BCUT2D eigenvalue weighted by molar-refractivity contribution is 6.30. The van der Waals surface area contributed by atoms with Gasteiger partial charge in [0, 0.05) is 54.7 Å². The largest absolute Gasteiger partial charge is 0.497 e. The molecule has 4 aromatic rings. The van der Waals surface area contributed by atoms with Crippen molar-refractivity contribution >= 4 is 34.8 Å². The normalized spacial score (nSPS) is 13.6. The molecule has 9 heteroatoms. The number of benzene rings is 2. The van der Waals surface area contributed by atoms with Gasteiger partial charge in [-0.15, -0.1) is 0 Å². The third-order valence-corrected chi connectivity index (χ3v) is 6.72. The Hall–Kier alpha value is -3.55. The second-order valence-electron chi connectivity index (χ2n) is 8.55. The van der Waals surface area contributed by atoms with E-state index < -0.39 is 0 Å².